The number of halogens is 1. The van der Waals surface area contributed by atoms with Crippen LogP contribution in [0.25, 0.3) is 22.4 Å². The van der Waals surface area contributed by atoms with Crippen molar-refractivity contribution in [2.24, 2.45) is 0 Å². The van der Waals surface area contributed by atoms with Crippen molar-refractivity contribution in [3.63, 3.8) is 0 Å². The van der Waals surface area contributed by atoms with Gasteiger partial charge < -0.3 is 24.9 Å². The zero-order valence-corrected chi connectivity index (χ0v) is 22.6. The molecule has 0 saturated carbocycles. The third-order valence-corrected chi connectivity index (χ3v) is 6.74. The van der Waals surface area contributed by atoms with E-state index >= 15 is 0 Å². The van der Waals surface area contributed by atoms with Crippen molar-refractivity contribution in [2.75, 3.05) is 42.7 Å². The molecule has 0 radical (unpaired) electrons. The standard InChI is InChI=1S/C29H28ClN5O4/c1-17(36)35(14-4-13-34(2)3)21-9-7-20(8-10-21)31-27(18-5-12-23-25(15-18)39-29(38)33-23)26-22-11-6-19(30)16-24(22)32-28(26)37/h5-12,15-16,31H,4,13-14H2,1-3H3,(H,32,37)(H,33,38)/b27-26-. The van der Waals surface area contributed by atoms with E-state index in [4.69, 9.17) is 16.0 Å². The fraction of sp³-hybridized carbons (Fsp3) is 0.207. The first-order valence-corrected chi connectivity index (χ1v) is 12.9. The molecule has 0 aliphatic carbocycles. The number of rotatable bonds is 8. The Morgan fingerprint density at radius 3 is 2.49 bits per heavy atom. The van der Waals surface area contributed by atoms with E-state index in [1.54, 1.807) is 48.2 Å². The summed E-state index contributed by atoms with van der Waals surface area (Å²) in [6, 6.07) is 17.9. The van der Waals surface area contributed by atoms with E-state index in [1.165, 1.54) is 0 Å². The highest BCUT2D eigenvalue weighted by molar-refractivity contribution is 6.38. The second-order valence-corrected chi connectivity index (χ2v) is 10.1. The summed E-state index contributed by atoms with van der Waals surface area (Å²) in [7, 11) is 4.01. The molecule has 39 heavy (non-hydrogen) atoms. The van der Waals surface area contributed by atoms with Crippen LogP contribution in [0.2, 0.25) is 5.02 Å². The van der Waals surface area contributed by atoms with E-state index < -0.39 is 5.76 Å². The molecule has 0 saturated heterocycles. The van der Waals surface area contributed by atoms with Gasteiger partial charge in [-0.3, -0.25) is 14.6 Å². The Morgan fingerprint density at radius 2 is 1.77 bits per heavy atom. The summed E-state index contributed by atoms with van der Waals surface area (Å²) in [6.45, 7) is 3.04. The summed E-state index contributed by atoms with van der Waals surface area (Å²) in [4.78, 5) is 43.7. The maximum Gasteiger partial charge on any atom is 0.417 e. The molecule has 200 valence electrons. The van der Waals surface area contributed by atoms with Gasteiger partial charge in [0.05, 0.1) is 22.5 Å². The van der Waals surface area contributed by atoms with Gasteiger partial charge in [0.15, 0.2) is 5.58 Å². The van der Waals surface area contributed by atoms with Crippen LogP contribution in [-0.4, -0.2) is 48.9 Å². The van der Waals surface area contributed by atoms with Gasteiger partial charge in [-0.25, -0.2) is 4.79 Å². The van der Waals surface area contributed by atoms with Crippen LogP contribution in [0.4, 0.5) is 17.1 Å². The van der Waals surface area contributed by atoms with Gasteiger partial charge in [-0.2, -0.15) is 0 Å². The molecule has 0 bridgehead atoms. The Labute approximate surface area is 230 Å². The van der Waals surface area contributed by atoms with Crippen molar-refractivity contribution >= 4 is 62.8 Å². The predicted octanol–water partition coefficient (Wildman–Crippen LogP) is 5.01. The number of aromatic nitrogens is 1. The lowest BCUT2D eigenvalue weighted by Gasteiger charge is -2.23. The maximum atomic E-state index is 13.2. The first-order chi connectivity index (χ1) is 18.7. The molecule has 3 N–H and O–H groups in total. The Kier molecular flexibility index (Phi) is 7.28. The van der Waals surface area contributed by atoms with Gasteiger partial charge in [0.2, 0.25) is 5.91 Å². The van der Waals surface area contributed by atoms with Gasteiger partial charge in [-0.1, -0.05) is 23.7 Å². The number of nitrogens with zero attached hydrogens (tertiary/aromatic N) is 2. The van der Waals surface area contributed by atoms with Crippen LogP contribution in [-0.2, 0) is 9.59 Å². The van der Waals surface area contributed by atoms with Crippen LogP contribution >= 0.6 is 11.6 Å². The Balaban J connectivity index is 1.53. The van der Waals surface area contributed by atoms with Crippen LogP contribution in [0, 0.1) is 0 Å². The SMILES string of the molecule is CC(=O)N(CCCN(C)C)c1ccc(N/C(=C2\C(=O)Nc3cc(Cl)ccc32)c2ccc3[nH]c(=O)oc3c2)cc1. The highest BCUT2D eigenvalue weighted by Gasteiger charge is 2.29. The van der Waals surface area contributed by atoms with Gasteiger partial charge in [-0.15, -0.1) is 0 Å². The average Bonchev–Trinajstić information content (AvgIpc) is 3.42. The number of carbonyl (C=O) groups is 2. The fourth-order valence-electron chi connectivity index (χ4n) is 4.66. The highest BCUT2D eigenvalue weighted by atomic mass is 35.5. The van der Waals surface area contributed by atoms with Crippen molar-refractivity contribution in [3.05, 3.63) is 87.4 Å². The molecule has 0 spiro atoms. The number of nitrogens with one attached hydrogen (secondary N) is 3. The number of benzene rings is 3. The van der Waals surface area contributed by atoms with Gasteiger partial charge in [0.25, 0.3) is 5.91 Å². The molecule has 4 aromatic rings. The zero-order valence-electron chi connectivity index (χ0n) is 21.8. The average molecular weight is 546 g/mol. The smallest absolute Gasteiger partial charge is 0.408 e. The number of fused-ring (bicyclic) bond motifs is 2. The zero-order chi connectivity index (χ0) is 27.7. The van der Waals surface area contributed by atoms with Crippen molar-refractivity contribution in [1.82, 2.24) is 9.88 Å². The second-order valence-electron chi connectivity index (χ2n) is 9.62. The van der Waals surface area contributed by atoms with Gasteiger partial charge >= 0.3 is 5.76 Å². The molecule has 2 heterocycles. The van der Waals surface area contributed by atoms with Gasteiger partial charge in [-0.05, 0) is 75.6 Å². The molecule has 1 aliphatic heterocycles. The topological polar surface area (TPSA) is 111 Å². The minimum atomic E-state index is -0.556. The minimum absolute atomic E-state index is 0.0311. The summed E-state index contributed by atoms with van der Waals surface area (Å²) >= 11 is 6.16. The second kappa shape index (κ2) is 10.8. The van der Waals surface area contributed by atoms with Crippen LogP contribution in [0.5, 0.6) is 0 Å². The maximum absolute atomic E-state index is 13.2. The van der Waals surface area contributed by atoms with E-state index in [9.17, 15) is 14.4 Å². The quantitative estimate of drug-likeness (QED) is 0.268. The molecule has 9 nitrogen and oxygen atoms in total. The number of H-pyrrole nitrogens is 1. The summed E-state index contributed by atoms with van der Waals surface area (Å²) < 4.78 is 5.28. The third kappa shape index (κ3) is 5.59. The van der Waals surface area contributed by atoms with Crippen molar-refractivity contribution < 1.29 is 14.0 Å². The van der Waals surface area contributed by atoms with E-state index in [1.807, 2.05) is 38.4 Å². The van der Waals surface area contributed by atoms with Crippen molar-refractivity contribution in [2.45, 2.75) is 13.3 Å². The van der Waals surface area contributed by atoms with E-state index in [0.717, 1.165) is 18.7 Å². The number of aromatic amines is 1. The van der Waals surface area contributed by atoms with E-state index in [0.29, 0.717) is 56.4 Å². The first-order valence-electron chi connectivity index (χ1n) is 12.5. The highest BCUT2D eigenvalue weighted by Crippen LogP contribution is 2.39. The van der Waals surface area contributed by atoms with Crippen LogP contribution < -0.4 is 21.3 Å². The molecular formula is C29H28ClN5O4. The molecule has 0 unspecified atom stereocenters. The Morgan fingerprint density at radius 1 is 1.00 bits per heavy atom. The predicted molar refractivity (Wildman–Crippen MR) is 155 cm³/mol. The Bertz CT molecular complexity index is 1650. The molecule has 0 fully saturated rings. The molecule has 0 atom stereocenters. The number of hydrogen-bond acceptors (Lipinski definition) is 6. The number of oxazole rings is 1. The molecular weight excluding hydrogens is 518 g/mol. The summed E-state index contributed by atoms with van der Waals surface area (Å²) in [6.07, 6.45) is 0.846. The molecule has 10 heteroatoms. The monoisotopic (exact) mass is 545 g/mol. The largest absolute Gasteiger partial charge is 0.417 e. The third-order valence-electron chi connectivity index (χ3n) is 6.50. The number of hydrogen-bond donors (Lipinski definition) is 3. The van der Waals surface area contributed by atoms with Crippen molar-refractivity contribution in [3.8, 4) is 0 Å². The Hall–Kier alpha value is -4.34. The van der Waals surface area contributed by atoms with E-state index in [2.05, 4.69) is 20.5 Å². The molecule has 3 aromatic carbocycles. The van der Waals surface area contributed by atoms with E-state index in [-0.39, 0.29) is 11.8 Å². The van der Waals surface area contributed by atoms with Gasteiger partial charge in [0, 0.05) is 41.0 Å². The number of amides is 2. The van der Waals surface area contributed by atoms with Crippen LogP contribution in [0.1, 0.15) is 24.5 Å². The van der Waals surface area contributed by atoms with Crippen molar-refractivity contribution in [1.29, 1.82) is 0 Å². The summed E-state index contributed by atoms with van der Waals surface area (Å²) in [5.74, 6) is -0.874. The molecule has 2 amide bonds. The lowest BCUT2D eigenvalue weighted by molar-refractivity contribution is -0.116. The van der Waals surface area contributed by atoms with Crippen LogP contribution in [0.15, 0.2) is 69.9 Å². The molecule has 5 rings (SSSR count). The summed E-state index contributed by atoms with van der Waals surface area (Å²) in [5.41, 5.74) is 5.34. The summed E-state index contributed by atoms with van der Waals surface area (Å²) in [5, 5.41) is 6.79. The number of anilines is 3. The normalized spacial score (nSPS) is 13.9. The fourth-order valence-corrected chi connectivity index (χ4v) is 4.83. The first kappa shape index (κ1) is 26.3. The lowest BCUT2D eigenvalue weighted by atomic mass is 9.99. The molecule has 1 aromatic heterocycles. The lowest BCUT2D eigenvalue weighted by Crippen LogP contribution is -2.31. The minimum Gasteiger partial charge on any atom is -0.408 e. The van der Waals surface area contributed by atoms with Crippen LogP contribution in [0.3, 0.4) is 0 Å². The number of carbonyl (C=O) groups excluding carboxylic acids is 2. The molecule has 1 aliphatic rings. The van der Waals surface area contributed by atoms with Gasteiger partial charge in [0.1, 0.15) is 0 Å².